The van der Waals surface area contributed by atoms with Crippen molar-refractivity contribution in [1.29, 1.82) is 0 Å². The van der Waals surface area contributed by atoms with Gasteiger partial charge in [0.25, 0.3) is 10.0 Å². The van der Waals surface area contributed by atoms with E-state index in [0.29, 0.717) is 6.07 Å². The average Bonchev–Trinajstić information content (AvgIpc) is 2.86. The Morgan fingerprint density at radius 3 is 2.24 bits per heavy atom. The fourth-order valence-electron chi connectivity index (χ4n) is 3.48. The van der Waals surface area contributed by atoms with Crippen molar-refractivity contribution in [3.8, 4) is 22.6 Å². The molecule has 0 atom stereocenters. The van der Waals surface area contributed by atoms with Crippen LogP contribution in [0, 0.1) is 11.2 Å². The number of sulfonamides is 1. The van der Waals surface area contributed by atoms with E-state index in [1.54, 1.807) is 20.8 Å². The smallest absolute Gasteiger partial charge is 0.416 e. The summed E-state index contributed by atoms with van der Waals surface area (Å²) >= 11 is 0. The molecule has 0 spiro atoms. The number of anilines is 1. The Kier molecular flexibility index (Phi) is 9.16. The molecule has 7 nitrogen and oxygen atoms in total. The van der Waals surface area contributed by atoms with Crippen molar-refractivity contribution in [2.45, 2.75) is 38.5 Å². The quantitative estimate of drug-likeness (QED) is 0.321. The van der Waals surface area contributed by atoms with Gasteiger partial charge in [0.1, 0.15) is 23.9 Å². The number of hydrogen-bond acceptors (Lipinski definition) is 5. The zero-order chi connectivity index (χ0) is 30.8. The number of ether oxygens (including phenoxy) is 2. The number of nitrogens with zero attached hydrogens (tertiary/aromatic N) is 1. The van der Waals surface area contributed by atoms with Crippen molar-refractivity contribution >= 4 is 21.7 Å². The van der Waals surface area contributed by atoms with Gasteiger partial charge in [0, 0.05) is 6.07 Å². The number of alkyl halides is 5. The molecular formula is C27H25F6NO6S. The van der Waals surface area contributed by atoms with Crippen LogP contribution in [0.25, 0.3) is 11.1 Å². The minimum Gasteiger partial charge on any atom is -0.489 e. The van der Waals surface area contributed by atoms with Crippen LogP contribution in [-0.4, -0.2) is 39.3 Å². The van der Waals surface area contributed by atoms with Crippen molar-refractivity contribution in [3.63, 3.8) is 0 Å². The Bertz CT molecular complexity index is 1520. The third-order valence-corrected chi connectivity index (χ3v) is 7.41. The third-order valence-electron chi connectivity index (χ3n) is 5.60. The molecule has 1 aliphatic rings. The minimum atomic E-state index is -4.74. The summed E-state index contributed by atoms with van der Waals surface area (Å²) in [4.78, 5) is 9.45. The normalized spacial score (nSPS) is 13.6. The predicted octanol–water partition coefficient (Wildman–Crippen LogP) is 6.82. The zero-order valence-corrected chi connectivity index (χ0v) is 22.7. The highest BCUT2D eigenvalue weighted by atomic mass is 32.2. The molecule has 0 fully saturated rings. The summed E-state index contributed by atoms with van der Waals surface area (Å²) in [6.07, 6.45) is -4.74. The Hall–Kier alpha value is -3.94. The fraction of sp³-hybridized carbons (Fsp3) is 0.296. The van der Waals surface area contributed by atoms with Gasteiger partial charge >= 0.3 is 18.8 Å². The van der Waals surface area contributed by atoms with Gasteiger partial charge in [0.2, 0.25) is 0 Å². The minimum absolute atomic E-state index is 0.00162. The standard InChI is InChI=1S/C22H15F6NO4S.C5H10O2/c23-16-8-14(9-17(12-16)33-21(24)25)13-4-5-20-19(10-13)29(6-7-32-20)34(30,31)18-3-1-2-15(11-18)22(26,27)28;1-5(2,3)4(6)7/h1-5,8-12,21H,6-7H2;1-3H3,(H,6,7). The van der Waals surface area contributed by atoms with E-state index in [9.17, 15) is 39.6 Å². The highest BCUT2D eigenvalue weighted by molar-refractivity contribution is 7.92. The second-order valence-corrected chi connectivity index (χ2v) is 11.6. The number of carboxylic acids is 1. The highest BCUT2D eigenvalue weighted by Gasteiger charge is 2.35. The maximum atomic E-state index is 14.0. The Balaban J connectivity index is 0.000000587. The molecule has 3 aromatic carbocycles. The van der Waals surface area contributed by atoms with E-state index >= 15 is 0 Å². The van der Waals surface area contributed by atoms with Crippen LogP contribution in [0.4, 0.5) is 32.0 Å². The van der Waals surface area contributed by atoms with Gasteiger partial charge < -0.3 is 14.6 Å². The molecule has 14 heteroatoms. The number of rotatable bonds is 5. The molecule has 0 bridgehead atoms. The van der Waals surface area contributed by atoms with Crippen molar-refractivity contribution < 1.29 is 54.1 Å². The summed E-state index contributed by atoms with van der Waals surface area (Å²) in [5.74, 6) is -1.93. The van der Waals surface area contributed by atoms with E-state index < -0.39 is 56.2 Å². The van der Waals surface area contributed by atoms with E-state index in [1.807, 2.05) is 0 Å². The molecule has 0 amide bonds. The summed E-state index contributed by atoms with van der Waals surface area (Å²) in [7, 11) is -4.43. The van der Waals surface area contributed by atoms with Crippen LogP contribution in [0.3, 0.4) is 0 Å². The molecular weight excluding hydrogens is 580 g/mol. The molecule has 222 valence electrons. The number of aliphatic carboxylic acids is 1. The molecule has 0 radical (unpaired) electrons. The summed E-state index contributed by atoms with van der Waals surface area (Å²) in [5.41, 5.74) is -1.35. The summed E-state index contributed by atoms with van der Waals surface area (Å²) in [6.45, 7) is 1.55. The van der Waals surface area contributed by atoms with Crippen LogP contribution < -0.4 is 13.8 Å². The topological polar surface area (TPSA) is 93.1 Å². The van der Waals surface area contributed by atoms with Gasteiger partial charge in [0.05, 0.1) is 28.1 Å². The largest absolute Gasteiger partial charge is 0.489 e. The van der Waals surface area contributed by atoms with Crippen LogP contribution in [0.1, 0.15) is 26.3 Å². The number of fused-ring (bicyclic) bond motifs is 1. The maximum absolute atomic E-state index is 14.0. The van der Waals surface area contributed by atoms with Crippen LogP contribution in [0.15, 0.2) is 65.6 Å². The molecule has 0 saturated carbocycles. The first kappa shape index (κ1) is 31.6. The number of carboxylic acid groups (broad SMARTS) is 1. The van der Waals surface area contributed by atoms with E-state index in [1.165, 1.54) is 18.2 Å². The molecule has 0 aliphatic carbocycles. The lowest BCUT2D eigenvalue weighted by atomic mass is 9.98. The lowest BCUT2D eigenvalue weighted by Gasteiger charge is -2.31. The monoisotopic (exact) mass is 605 g/mol. The molecule has 1 heterocycles. The molecule has 0 aromatic heterocycles. The molecule has 4 rings (SSSR count). The van der Waals surface area contributed by atoms with Gasteiger partial charge in [-0.3, -0.25) is 9.10 Å². The predicted molar refractivity (Wildman–Crippen MR) is 137 cm³/mol. The first-order chi connectivity index (χ1) is 18.9. The second kappa shape index (κ2) is 11.9. The van der Waals surface area contributed by atoms with E-state index in [0.717, 1.165) is 40.7 Å². The van der Waals surface area contributed by atoms with Gasteiger partial charge in [-0.05, 0) is 74.4 Å². The second-order valence-electron chi connectivity index (χ2n) is 9.74. The summed E-state index contributed by atoms with van der Waals surface area (Å²) in [6, 6.07) is 10.5. The van der Waals surface area contributed by atoms with E-state index in [4.69, 9.17) is 9.84 Å². The maximum Gasteiger partial charge on any atom is 0.416 e. The number of halogens is 6. The summed E-state index contributed by atoms with van der Waals surface area (Å²) < 4.78 is 115. The highest BCUT2D eigenvalue weighted by Crippen LogP contribution is 2.40. The number of benzene rings is 3. The van der Waals surface area contributed by atoms with Gasteiger partial charge in [-0.15, -0.1) is 0 Å². The third kappa shape index (κ3) is 7.84. The first-order valence-corrected chi connectivity index (χ1v) is 13.3. The van der Waals surface area contributed by atoms with Crippen molar-refractivity contribution in [1.82, 2.24) is 0 Å². The van der Waals surface area contributed by atoms with Crippen LogP contribution in [0.2, 0.25) is 0 Å². The molecule has 0 unspecified atom stereocenters. The van der Waals surface area contributed by atoms with Gasteiger partial charge in [0.15, 0.2) is 0 Å². The van der Waals surface area contributed by atoms with Crippen molar-refractivity contribution in [3.05, 3.63) is 72.0 Å². The van der Waals surface area contributed by atoms with Gasteiger partial charge in [-0.2, -0.15) is 22.0 Å². The molecule has 41 heavy (non-hydrogen) atoms. The lowest BCUT2D eigenvalue weighted by Crippen LogP contribution is -2.38. The molecule has 1 N–H and O–H groups in total. The summed E-state index contributed by atoms with van der Waals surface area (Å²) in [5, 5.41) is 8.25. The molecule has 0 saturated heterocycles. The lowest BCUT2D eigenvalue weighted by molar-refractivity contribution is -0.145. The molecule has 1 aliphatic heterocycles. The Morgan fingerprint density at radius 1 is 1.00 bits per heavy atom. The van der Waals surface area contributed by atoms with E-state index in [2.05, 4.69) is 4.74 Å². The zero-order valence-electron chi connectivity index (χ0n) is 21.9. The first-order valence-electron chi connectivity index (χ1n) is 11.9. The Labute approximate surface area is 232 Å². The van der Waals surface area contributed by atoms with E-state index in [-0.39, 0.29) is 35.7 Å². The van der Waals surface area contributed by atoms with Crippen LogP contribution in [-0.2, 0) is 21.0 Å². The Morgan fingerprint density at radius 2 is 1.66 bits per heavy atom. The van der Waals surface area contributed by atoms with Crippen LogP contribution in [0.5, 0.6) is 11.5 Å². The van der Waals surface area contributed by atoms with Crippen molar-refractivity contribution in [2.24, 2.45) is 5.41 Å². The fourth-order valence-corrected chi connectivity index (χ4v) is 4.98. The van der Waals surface area contributed by atoms with Gasteiger partial charge in [-0.1, -0.05) is 12.1 Å². The van der Waals surface area contributed by atoms with Crippen molar-refractivity contribution in [2.75, 3.05) is 17.5 Å². The van der Waals surface area contributed by atoms with Gasteiger partial charge in [-0.25, -0.2) is 12.8 Å². The van der Waals surface area contributed by atoms with Crippen LogP contribution >= 0.6 is 0 Å². The SMILES string of the molecule is CC(C)(C)C(=O)O.O=S(=O)(c1cccc(C(F)(F)F)c1)N1CCOc2ccc(-c3cc(F)cc(OC(F)F)c3)cc21. The average molecular weight is 606 g/mol. The number of carbonyl (C=O) groups is 1. The number of hydrogen-bond donors (Lipinski definition) is 1. The molecule has 3 aromatic rings.